The Kier molecular flexibility index (Phi) is 4.62. The van der Waals surface area contributed by atoms with Gasteiger partial charge in [0, 0.05) is 0 Å². The number of hydrogen-bond acceptors (Lipinski definition) is 5. The van der Waals surface area contributed by atoms with Crippen LogP contribution < -0.4 is 10.1 Å². The Morgan fingerprint density at radius 1 is 1.45 bits per heavy atom. The number of amides is 1. The van der Waals surface area contributed by atoms with Crippen LogP contribution in [-0.2, 0) is 4.79 Å². The Morgan fingerprint density at radius 2 is 2.20 bits per heavy atom. The van der Waals surface area contributed by atoms with E-state index in [4.69, 9.17) is 4.74 Å². The summed E-state index contributed by atoms with van der Waals surface area (Å²) in [6, 6.07) is 5.98. The number of benzene rings is 1. The SMILES string of the molecule is CC[C@H](Oc1ccccc1F)C(=O)Nc1nnc(C)s1. The van der Waals surface area contributed by atoms with E-state index in [0.29, 0.717) is 11.6 Å². The molecule has 0 unspecified atom stereocenters. The molecule has 0 saturated heterocycles. The van der Waals surface area contributed by atoms with Gasteiger partial charge in [0.25, 0.3) is 5.91 Å². The average molecular weight is 295 g/mol. The van der Waals surface area contributed by atoms with Gasteiger partial charge in [-0.05, 0) is 25.5 Å². The van der Waals surface area contributed by atoms with Crippen molar-refractivity contribution in [3.63, 3.8) is 0 Å². The third-order valence-corrected chi connectivity index (χ3v) is 3.28. The Morgan fingerprint density at radius 3 is 2.80 bits per heavy atom. The summed E-state index contributed by atoms with van der Waals surface area (Å²) in [5.74, 6) is -0.805. The molecule has 2 aromatic rings. The molecule has 0 spiro atoms. The molecule has 2 rings (SSSR count). The number of nitrogens with one attached hydrogen (secondary N) is 1. The lowest BCUT2D eigenvalue weighted by Gasteiger charge is -2.16. The summed E-state index contributed by atoms with van der Waals surface area (Å²) in [6.45, 7) is 3.58. The normalized spacial score (nSPS) is 11.9. The molecule has 1 aromatic carbocycles. The van der Waals surface area contributed by atoms with Crippen LogP contribution in [0.25, 0.3) is 0 Å². The lowest BCUT2D eigenvalue weighted by atomic mass is 10.2. The quantitative estimate of drug-likeness (QED) is 0.921. The highest BCUT2D eigenvalue weighted by atomic mass is 32.1. The van der Waals surface area contributed by atoms with Crippen molar-refractivity contribution in [2.24, 2.45) is 0 Å². The smallest absolute Gasteiger partial charge is 0.267 e. The maximum atomic E-state index is 13.5. The van der Waals surface area contributed by atoms with Crippen molar-refractivity contribution in [2.45, 2.75) is 26.4 Å². The molecule has 20 heavy (non-hydrogen) atoms. The number of nitrogens with zero attached hydrogens (tertiary/aromatic N) is 2. The third kappa shape index (κ3) is 3.51. The number of aryl methyl sites for hydroxylation is 1. The van der Waals surface area contributed by atoms with Gasteiger partial charge in [-0.3, -0.25) is 10.1 Å². The molecule has 1 aromatic heterocycles. The molecule has 1 heterocycles. The molecule has 0 bridgehead atoms. The van der Waals surface area contributed by atoms with Crippen LogP contribution >= 0.6 is 11.3 Å². The standard InChI is InChI=1S/C13H14FN3O2S/c1-3-10(19-11-7-5-4-6-9(11)14)12(18)15-13-17-16-8(2)20-13/h4-7,10H,3H2,1-2H3,(H,15,17,18)/t10-/m0/s1. The molecular weight excluding hydrogens is 281 g/mol. The highest BCUT2D eigenvalue weighted by Crippen LogP contribution is 2.19. The van der Waals surface area contributed by atoms with E-state index in [2.05, 4.69) is 15.5 Å². The van der Waals surface area contributed by atoms with Gasteiger partial charge < -0.3 is 4.74 Å². The average Bonchev–Trinajstić information content (AvgIpc) is 2.83. The zero-order valence-corrected chi connectivity index (χ0v) is 11.9. The van der Waals surface area contributed by atoms with Crippen LogP contribution in [0.15, 0.2) is 24.3 Å². The number of aromatic nitrogens is 2. The van der Waals surface area contributed by atoms with Gasteiger partial charge in [0.05, 0.1) is 0 Å². The molecule has 0 fully saturated rings. The summed E-state index contributed by atoms with van der Waals surface area (Å²) >= 11 is 1.27. The molecule has 1 atom stereocenters. The first-order chi connectivity index (χ1) is 9.60. The molecule has 0 aliphatic carbocycles. The van der Waals surface area contributed by atoms with Crippen LogP contribution in [0.4, 0.5) is 9.52 Å². The van der Waals surface area contributed by atoms with E-state index in [1.165, 1.54) is 23.5 Å². The number of halogens is 1. The Bertz CT molecular complexity index is 603. The number of para-hydroxylation sites is 1. The lowest BCUT2D eigenvalue weighted by molar-refractivity contribution is -0.122. The Hall–Kier alpha value is -2.02. The zero-order chi connectivity index (χ0) is 14.5. The molecule has 0 saturated carbocycles. The zero-order valence-electron chi connectivity index (χ0n) is 11.1. The largest absolute Gasteiger partial charge is 0.478 e. The fourth-order valence-corrected chi connectivity index (χ4v) is 2.14. The number of carbonyl (C=O) groups excluding carboxylic acids is 1. The summed E-state index contributed by atoms with van der Waals surface area (Å²) in [4.78, 5) is 12.0. The van der Waals surface area contributed by atoms with Gasteiger partial charge in [0.2, 0.25) is 5.13 Å². The molecule has 0 aliphatic rings. The monoisotopic (exact) mass is 295 g/mol. The van der Waals surface area contributed by atoms with E-state index in [9.17, 15) is 9.18 Å². The van der Waals surface area contributed by atoms with E-state index in [0.717, 1.165) is 5.01 Å². The number of rotatable bonds is 5. The fourth-order valence-electron chi connectivity index (χ4n) is 1.55. The second kappa shape index (κ2) is 6.42. The fraction of sp³-hybridized carbons (Fsp3) is 0.308. The van der Waals surface area contributed by atoms with Crippen LogP contribution in [0.3, 0.4) is 0 Å². The van der Waals surface area contributed by atoms with Gasteiger partial charge in [0.1, 0.15) is 5.01 Å². The van der Waals surface area contributed by atoms with Crippen LogP contribution in [0.1, 0.15) is 18.4 Å². The first-order valence-corrected chi connectivity index (χ1v) is 6.94. The van der Waals surface area contributed by atoms with Crippen molar-refractivity contribution >= 4 is 22.4 Å². The summed E-state index contributed by atoms with van der Waals surface area (Å²) in [6.07, 6.45) is -0.367. The van der Waals surface area contributed by atoms with E-state index in [-0.39, 0.29) is 11.7 Å². The second-order valence-electron chi connectivity index (χ2n) is 4.06. The molecule has 106 valence electrons. The van der Waals surface area contributed by atoms with E-state index in [1.807, 2.05) is 0 Å². The second-order valence-corrected chi connectivity index (χ2v) is 5.24. The Labute approximate surface area is 119 Å². The third-order valence-electron chi connectivity index (χ3n) is 2.53. The molecule has 0 radical (unpaired) electrons. The highest BCUT2D eigenvalue weighted by Gasteiger charge is 2.21. The van der Waals surface area contributed by atoms with E-state index in [1.54, 1.807) is 26.0 Å². The van der Waals surface area contributed by atoms with Crippen molar-refractivity contribution in [3.05, 3.63) is 35.1 Å². The predicted octanol–water partition coefficient (Wildman–Crippen LogP) is 2.78. The minimum Gasteiger partial charge on any atom is -0.478 e. The van der Waals surface area contributed by atoms with Gasteiger partial charge in [-0.15, -0.1) is 10.2 Å². The minimum atomic E-state index is -0.781. The van der Waals surface area contributed by atoms with Crippen molar-refractivity contribution in [1.29, 1.82) is 0 Å². The van der Waals surface area contributed by atoms with Gasteiger partial charge in [-0.2, -0.15) is 0 Å². The topological polar surface area (TPSA) is 64.1 Å². The molecule has 0 aliphatic heterocycles. The number of ether oxygens (including phenoxy) is 1. The maximum absolute atomic E-state index is 13.5. The summed E-state index contributed by atoms with van der Waals surface area (Å²) < 4.78 is 18.9. The van der Waals surface area contributed by atoms with Gasteiger partial charge in [0.15, 0.2) is 17.7 Å². The Balaban J connectivity index is 2.04. The van der Waals surface area contributed by atoms with Crippen LogP contribution in [0, 0.1) is 12.7 Å². The van der Waals surface area contributed by atoms with Crippen molar-refractivity contribution < 1.29 is 13.9 Å². The molecular formula is C13H14FN3O2S. The summed E-state index contributed by atoms with van der Waals surface area (Å²) in [5.41, 5.74) is 0. The lowest BCUT2D eigenvalue weighted by Crippen LogP contribution is -2.32. The van der Waals surface area contributed by atoms with Crippen LogP contribution in [0.2, 0.25) is 0 Å². The number of hydrogen-bond donors (Lipinski definition) is 1. The van der Waals surface area contributed by atoms with Crippen LogP contribution in [-0.4, -0.2) is 22.2 Å². The molecule has 1 amide bonds. The van der Waals surface area contributed by atoms with Crippen molar-refractivity contribution in [2.75, 3.05) is 5.32 Å². The number of carbonyl (C=O) groups is 1. The van der Waals surface area contributed by atoms with E-state index >= 15 is 0 Å². The number of anilines is 1. The molecule has 7 heteroatoms. The van der Waals surface area contributed by atoms with Gasteiger partial charge in [-0.1, -0.05) is 30.4 Å². The van der Waals surface area contributed by atoms with Crippen molar-refractivity contribution in [3.8, 4) is 5.75 Å². The van der Waals surface area contributed by atoms with Gasteiger partial charge in [-0.25, -0.2) is 4.39 Å². The first-order valence-electron chi connectivity index (χ1n) is 6.12. The summed E-state index contributed by atoms with van der Waals surface area (Å²) in [5, 5.41) is 11.4. The molecule has 5 nitrogen and oxygen atoms in total. The minimum absolute atomic E-state index is 0.0583. The van der Waals surface area contributed by atoms with Gasteiger partial charge >= 0.3 is 0 Å². The van der Waals surface area contributed by atoms with Crippen LogP contribution in [0.5, 0.6) is 5.75 Å². The highest BCUT2D eigenvalue weighted by molar-refractivity contribution is 7.15. The summed E-state index contributed by atoms with van der Waals surface area (Å²) in [7, 11) is 0. The maximum Gasteiger partial charge on any atom is 0.267 e. The van der Waals surface area contributed by atoms with Crippen molar-refractivity contribution in [1.82, 2.24) is 10.2 Å². The van der Waals surface area contributed by atoms with E-state index < -0.39 is 11.9 Å². The predicted molar refractivity (Wildman–Crippen MR) is 74.4 cm³/mol. The first kappa shape index (κ1) is 14.4. The molecule has 1 N–H and O–H groups in total.